The van der Waals surface area contributed by atoms with E-state index in [0.717, 1.165) is 38.9 Å². The summed E-state index contributed by atoms with van der Waals surface area (Å²) in [7, 11) is 1.98. The van der Waals surface area contributed by atoms with Crippen LogP contribution in [0.4, 0.5) is 0 Å². The first-order chi connectivity index (χ1) is 21.5. The quantitative estimate of drug-likeness (QED) is 0.149. The molecule has 0 bridgehead atoms. The first kappa shape index (κ1) is 30.5. The number of nitrogens with zero attached hydrogens (tertiary/aromatic N) is 4. The number of amides is 2. The van der Waals surface area contributed by atoms with Gasteiger partial charge in [-0.3, -0.25) is 9.59 Å². The summed E-state index contributed by atoms with van der Waals surface area (Å²) in [6, 6.07) is 24.3. The Morgan fingerprint density at radius 1 is 0.659 bits per heavy atom. The maximum atomic E-state index is 12.6. The van der Waals surface area contributed by atoms with Gasteiger partial charge in [-0.25, -0.2) is 18.3 Å². The van der Waals surface area contributed by atoms with E-state index in [1.807, 2.05) is 30.3 Å². The van der Waals surface area contributed by atoms with Crippen molar-refractivity contribution in [3.05, 3.63) is 132 Å². The number of carbonyl (C=O) groups excluding carboxylic acids is 2. The van der Waals surface area contributed by atoms with Gasteiger partial charge in [0, 0.05) is 37.1 Å². The second-order valence-corrected chi connectivity index (χ2v) is 11.2. The van der Waals surface area contributed by atoms with Crippen molar-refractivity contribution in [1.82, 2.24) is 19.8 Å². The smallest absolute Gasteiger partial charge is 0.251 e. The minimum Gasteiger partial charge on any atom is -0.352 e. The van der Waals surface area contributed by atoms with Crippen molar-refractivity contribution in [3.63, 3.8) is 0 Å². The van der Waals surface area contributed by atoms with Crippen molar-refractivity contribution in [2.45, 2.75) is 45.8 Å². The average molecular weight is 591 g/mol. The number of benzene rings is 3. The van der Waals surface area contributed by atoms with Crippen LogP contribution in [0, 0.1) is 0 Å². The number of hydrogen-bond acceptors (Lipinski definition) is 2. The van der Waals surface area contributed by atoms with Crippen LogP contribution in [0.3, 0.4) is 0 Å². The number of hydrogen-bond donors (Lipinski definition) is 2. The Morgan fingerprint density at radius 3 is 1.66 bits per heavy atom. The second-order valence-electron chi connectivity index (χ2n) is 11.2. The van der Waals surface area contributed by atoms with E-state index in [9.17, 15) is 9.59 Å². The molecule has 8 nitrogen and oxygen atoms in total. The van der Waals surface area contributed by atoms with Crippen molar-refractivity contribution in [2.24, 2.45) is 7.05 Å². The van der Waals surface area contributed by atoms with Crippen molar-refractivity contribution in [3.8, 4) is 11.1 Å². The lowest BCUT2D eigenvalue weighted by molar-refractivity contribution is -0.687. The molecule has 0 spiro atoms. The predicted molar refractivity (Wildman–Crippen MR) is 171 cm³/mol. The molecule has 0 fully saturated rings. The topological polar surface area (TPSA) is 75.8 Å². The standard InChI is InChI=1S/C36H40N6O2/c1-3-29-6-10-31(11-7-29)32-12-8-30(9-13-32)26-42-25-24-41(28-42)21-5-19-38-36(44)34-16-14-33(15-17-34)35(43)37-18-4-20-40-23-22-39(2)27-40/h6-17,22-25,27-28H,3-5,18-21,26H2,1-2H3/p+2. The molecule has 0 aliphatic heterocycles. The number of aromatic nitrogens is 4. The van der Waals surface area contributed by atoms with Gasteiger partial charge in [0.2, 0.25) is 12.7 Å². The summed E-state index contributed by atoms with van der Waals surface area (Å²) < 4.78 is 8.39. The fourth-order valence-electron chi connectivity index (χ4n) is 5.15. The summed E-state index contributed by atoms with van der Waals surface area (Å²) in [4.78, 5) is 25.1. The molecule has 0 saturated carbocycles. The molecule has 0 aliphatic rings. The molecule has 2 heterocycles. The summed E-state index contributed by atoms with van der Waals surface area (Å²) in [5, 5.41) is 5.93. The van der Waals surface area contributed by atoms with E-state index < -0.39 is 0 Å². The van der Waals surface area contributed by atoms with E-state index in [1.54, 1.807) is 24.3 Å². The molecule has 44 heavy (non-hydrogen) atoms. The zero-order chi connectivity index (χ0) is 30.7. The molecule has 5 aromatic rings. The van der Waals surface area contributed by atoms with Gasteiger partial charge in [-0.2, -0.15) is 0 Å². The average Bonchev–Trinajstić information content (AvgIpc) is 3.69. The van der Waals surface area contributed by atoms with Crippen molar-refractivity contribution >= 4 is 11.8 Å². The van der Waals surface area contributed by atoms with Gasteiger partial charge in [0.25, 0.3) is 11.8 Å². The SMILES string of the molecule is CCc1ccc(-c2ccc(C[n+]3ccn(CCCNC(=O)c4ccc(C(=O)NCCCn5cc[n+](C)c5)cc4)c3)cc2)cc1. The van der Waals surface area contributed by atoms with Crippen LogP contribution in [0.5, 0.6) is 0 Å². The molecular weight excluding hydrogens is 548 g/mol. The molecule has 2 N–H and O–H groups in total. The maximum absolute atomic E-state index is 12.6. The second kappa shape index (κ2) is 15.0. The zero-order valence-electron chi connectivity index (χ0n) is 25.7. The van der Waals surface area contributed by atoms with E-state index >= 15 is 0 Å². The third-order valence-corrected chi connectivity index (χ3v) is 7.75. The summed E-state index contributed by atoms with van der Waals surface area (Å²) in [6.45, 7) is 5.79. The lowest BCUT2D eigenvalue weighted by Gasteiger charge is -2.07. The van der Waals surface area contributed by atoms with Crippen LogP contribution in [0.2, 0.25) is 0 Å². The number of rotatable bonds is 14. The van der Waals surface area contributed by atoms with Gasteiger partial charge in [-0.15, -0.1) is 0 Å². The molecule has 0 radical (unpaired) electrons. The third kappa shape index (κ3) is 8.53. The Bertz CT molecular complexity index is 1650. The highest BCUT2D eigenvalue weighted by atomic mass is 16.2. The molecule has 3 aromatic carbocycles. The molecule has 2 amide bonds. The largest absolute Gasteiger partial charge is 0.352 e. The Labute approximate surface area is 259 Å². The van der Waals surface area contributed by atoms with E-state index in [1.165, 1.54) is 22.3 Å². The van der Waals surface area contributed by atoms with Gasteiger partial charge in [-0.1, -0.05) is 55.5 Å². The molecular formula is C36H42N6O2+2. The van der Waals surface area contributed by atoms with E-state index in [0.29, 0.717) is 24.2 Å². The lowest BCUT2D eigenvalue weighted by Crippen LogP contribution is -2.31. The van der Waals surface area contributed by atoms with Gasteiger partial charge in [0.1, 0.15) is 31.3 Å². The normalized spacial score (nSPS) is 11.0. The molecule has 0 atom stereocenters. The first-order valence-electron chi connectivity index (χ1n) is 15.4. The fraction of sp³-hybridized carbons (Fsp3) is 0.278. The van der Waals surface area contributed by atoms with Gasteiger partial charge < -0.3 is 10.6 Å². The lowest BCUT2D eigenvalue weighted by atomic mass is 10.0. The Kier molecular flexibility index (Phi) is 10.4. The monoisotopic (exact) mass is 590 g/mol. The molecule has 8 heteroatoms. The summed E-state index contributed by atoms with van der Waals surface area (Å²) >= 11 is 0. The van der Waals surface area contributed by atoms with Crippen molar-refractivity contribution in [1.29, 1.82) is 0 Å². The summed E-state index contributed by atoms with van der Waals surface area (Å²) in [6.07, 6.45) is 15.0. The van der Waals surface area contributed by atoms with Crippen LogP contribution >= 0.6 is 0 Å². The molecule has 0 aliphatic carbocycles. The van der Waals surface area contributed by atoms with Crippen LogP contribution in [0.15, 0.2) is 110 Å². The van der Waals surface area contributed by atoms with Gasteiger partial charge in [0.15, 0.2) is 0 Å². The molecule has 226 valence electrons. The van der Waals surface area contributed by atoms with Crippen molar-refractivity contribution in [2.75, 3.05) is 13.1 Å². The Balaban J connectivity index is 0.998. The van der Waals surface area contributed by atoms with Crippen molar-refractivity contribution < 1.29 is 18.7 Å². The molecule has 2 aromatic heterocycles. The van der Waals surface area contributed by atoms with Crippen LogP contribution in [0.25, 0.3) is 11.1 Å². The summed E-state index contributed by atoms with van der Waals surface area (Å²) in [5.41, 5.74) is 6.17. The first-order valence-corrected chi connectivity index (χ1v) is 15.4. The Morgan fingerprint density at radius 2 is 1.16 bits per heavy atom. The number of aryl methyl sites for hydroxylation is 4. The van der Waals surface area contributed by atoms with Gasteiger partial charge >= 0.3 is 0 Å². The Hall–Kier alpha value is -4.98. The fourth-order valence-corrected chi connectivity index (χ4v) is 5.15. The number of imidazole rings is 2. The highest BCUT2D eigenvalue weighted by Crippen LogP contribution is 2.20. The maximum Gasteiger partial charge on any atom is 0.251 e. The molecule has 5 rings (SSSR count). The minimum absolute atomic E-state index is 0.131. The van der Waals surface area contributed by atoms with E-state index in [-0.39, 0.29) is 11.8 Å². The minimum atomic E-state index is -0.135. The zero-order valence-corrected chi connectivity index (χ0v) is 25.7. The van der Waals surface area contributed by atoms with Crippen LogP contribution in [-0.4, -0.2) is 34.0 Å². The number of carbonyl (C=O) groups is 2. The van der Waals surface area contributed by atoms with Crippen LogP contribution in [0.1, 0.15) is 51.6 Å². The van der Waals surface area contributed by atoms with Gasteiger partial charge in [0.05, 0.1) is 20.1 Å². The molecule has 0 saturated heterocycles. The highest BCUT2D eigenvalue weighted by molar-refractivity contribution is 5.97. The van der Waals surface area contributed by atoms with Crippen LogP contribution in [-0.2, 0) is 33.1 Å². The number of nitrogens with one attached hydrogen (secondary N) is 2. The predicted octanol–water partition coefficient (Wildman–Crippen LogP) is 4.32. The van der Waals surface area contributed by atoms with E-state index in [2.05, 4.69) is 98.5 Å². The molecule has 0 unspecified atom stereocenters. The third-order valence-electron chi connectivity index (χ3n) is 7.75. The van der Waals surface area contributed by atoms with E-state index in [4.69, 9.17) is 0 Å². The highest BCUT2D eigenvalue weighted by Gasteiger charge is 2.10. The van der Waals surface area contributed by atoms with Gasteiger partial charge in [-0.05, 0) is 52.9 Å². The van der Waals surface area contributed by atoms with Crippen LogP contribution < -0.4 is 19.8 Å². The summed E-state index contributed by atoms with van der Waals surface area (Å²) in [5.74, 6) is -0.266.